The summed E-state index contributed by atoms with van der Waals surface area (Å²) in [4.78, 5) is 10.5. The molecule has 5 heterocycles. The minimum atomic E-state index is 0.873. The van der Waals surface area contributed by atoms with Crippen LogP contribution >= 0.6 is 0 Å². The molecule has 0 radical (unpaired) electrons. The number of rotatable bonds is 2. The highest BCUT2D eigenvalue weighted by Gasteiger charge is 2.23. The van der Waals surface area contributed by atoms with Gasteiger partial charge in [0.05, 0.1) is 33.1 Å². The molecule has 0 saturated heterocycles. The van der Waals surface area contributed by atoms with Gasteiger partial charge in [-0.2, -0.15) is 0 Å². The Kier molecular flexibility index (Phi) is 4.66. The van der Waals surface area contributed by atoms with Crippen LogP contribution in [0.5, 0.6) is 0 Å². The molecule has 5 nitrogen and oxygen atoms in total. The van der Waals surface area contributed by atoms with Gasteiger partial charge < -0.3 is 8.98 Å². The molecule has 12 aromatic rings. The van der Waals surface area contributed by atoms with Gasteiger partial charge in [0.2, 0.25) is 0 Å². The molecule has 5 heteroatoms. The number of furan rings is 1. The van der Waals surface area contributed by atoms with E-state index in [4.69, 9.17) is 14.4 Å². The van der Waals surface area contributed by atoms with Gasteiger partial charge in [-0.1, -0.05) is 78.9 Å². The van der Waals surface area contributed by atoms with E-state index in [-0.39, 0.29) is 0 Å². The molecule has 7 aromatic carbocycles. The van der Waals surface area contributed by atoms with Gasteiger partial charge in [0.15, 0.2) is 5.65 Å². The van der Waals surface area contributed by atoms with Crippen LogP contribution in [0.25, 0.3) is 110 Å². The molecule has 226 valence electrons. The van der Waals surface area contributed by atoms with Gasteiger partial charge in [0.1, 0.15) is 16.7 Å². The maximum absolute atomic E-state index is 6.40. The standard InChI is InChI=1S/C44H24N4O/c1-2-10-27(11-3-1)47-37-16-8-4-12-28(37)29-19-18-25(22-38(29)47)26-20-33-31-24-41-32(30-13-5-9-17-40(30)49-41)23-39(31)48-43(33)34(21-26)42-44(48)46-36-15-7-6-14-35(36)45-42/h1-24H. The summed E-state index contributed by atoms with van der Waals surface area (Å²) in [7, 11) is 0. The van der Waals surface area contributed by atoms with Gasteiger partial charge in [0.25, 0.3) is 0 Å². The Morgan fingerprint density at radius 3 is 2.06 bits per heavy atom. The Balaban J connectivity index is 1.22. The van der Waals surface area contributed by atoms with Crippen LogP contribution in [0.3, 0.4) is 0 Å². The van der Waals surface area contributed by atoms with Crippen molar-refractivity contribution in [2.24, 2.45) is 0 Å². The predicted molar refractivity (Wildman–Crippen MR) is 201 cm³/mol. The third-order valence-corrected chi connectivity index (χ3v) is 10.4. The molecular formula is C44H24N4O. The minimum absolute atomic E-state index is 0.873. The molecule has 0 amide bonds. The second-order valence-corrected chi connectivity index (χ2v) is 13.0. The number of hydrogen-bond acceptors (Lipinski definition) is 3. The van der Waals surface area contributed by atoms with E-state index in [1.165, 1.54) is 21.8 Å². The first kappa shape index (κ1) is 25.4. The average molecular weight is 625 g/mol. The lowest BCUT2D eigenvalue weighted by molar-refractivity contribution is 0.669. The van der Waals surface area contributed by atoms with Gasteiger partial charge in [-0.25, -0.2) is 9.97 Å². The molecule has 0 aliphatic carbocycles. The Morgan fingerprint density at radius 1 is 0.429 bits per heavy atom. The zero-order valence-electron chi connectivity index (χ0n) is 26.1. The van der Waals surface area contributed by atoms with Crippen LogP contribution in [0.4, 0.5) is 0 Å². The quantitative estimate of drug-likeness (QED) is 0.192. The monoisotopic (exact) mass is 624 g/mol. The van der Waals surface area contributed by atoms with E-state index in [9.17, 15) is 0 Å². The summed E-state index contributed by atoms with van der Waals surface area (Å²) in [6.07, 6.45) is 0. The van der Waals surface area contributed by atoms with Gasteiger partial charge in [-0.05, 0) is 77.9 Å². The number of hydrogen-bond donors (Lipinski definition) is 0. The van der Waals surface area contributed by atoms with Crippen molar-refractivity contribution in [3.05, 3.63) is 146 Å². The summed E-state index contributed by atoms with van der Waals surface area (Å²) in [5.41, 5.74) is 13.4. The van der Waals surface area contributed by atoms with Crippen molar-refractivity contribution < 1.29 is 4.42 Å². The van der Waals surface area contributed by atoms with E-state index in [0.717, 1.165) is 88.1 Å². The Bertz CT molecular complexity index is 3330. The molecule has 0 atom stereocenters. The van der Waals surface area contributed by atoms with E-state index in [0.29, 0.717) is 0 Å². The van der Waals surface area contributed by atoms with Crippen LogP contribution in [0, 0.1) is 0 Å². The summed E-state index contributed by atoms with van der Waals surface area (Å²) >= 11 is 0. The summed E-state index contributed by atoms with van der Waals surface area (Å²) in [5.74, 6) is 0. The molecule has 0 spiro atoms. The van der Waals surface area contributed by atoms with Crippen LogP contribution in [0.15, 0.2) is 150 Å². The first-order valence-electron chi connectivity index (χ1n) is 16.6. The molecule has 12 rings (SSSR count). The molecule has 0 saturated carbocycles. The molecule has 49 heavy (non-hydrogen) atoms. The first-order valence-corrected chi connectivity index (χ1v) is 16.6. The molecule has 0 aliphatic rings. The highest BCUT2D eigenvalue weighted by molar-refractivity contribution is 6.26. The molecule has 0 bridgehead atoms. The lowest BCUT2D eigenvalue weighted by Crippen LogP contribution is -1.93. The van der Waals surface area contributed by atoms with E-state index in [1.54, 1.807) is 0 Å². The Morgan fingerprint density at radius 2 is 1.16 bits per heavy atom. The molecule has 5 aromatic heterocycles. The summed E-state index contributed by atoms with van der Waals surface area (Å²) in [6, 6.07) is 51.7. The summed E-state index contributed by atoms with van der Waals surface area (Å²) in [6.45, 7) is 0. The van der Waals surface area contributed by atoms with Gasteiger partial charge in [0, 0.05) is 43.4 Å². The highest BCUT2D eigenvalue weighted by Crippen LogP contribution is 2.44. The predicted octanol–water partition coefficient (Wildman–Crippen LogP) is 11.4. The van der Waals surface area contributed by atoms with E-state index >= 15 is 0 Å². The van der Waals surface area contributed by atoms with E-state index in [1.807, 2.05) is 36.4 Å². The summed E-state index contributed by atoms with van der Waals surface area (Å²) in [5, 5.41) is 8.11. The van der Waals surface area contributed by atoms with Crippen LogP contribution in [0.2, 0.25) is 0 Å². The topological polar surface area (TPSA) is 48.3 Å². The Labute approximate surface area is 278 Å². The van der Waals surface area contributed by atoms with Gasteiger partial charge in [-0.15, -0.1) is 0 Å². The van der Waals surface area contributed by atoms with Crippen LogP contribution in [-0.4, -0.2) is 18.9 Å². The zero-order valence-corrected chi connectivity index (χ0v) is 26.1. The van der Waals surface area contributed by atoms with Gasteiger partial charge >= 0.3 is 0 Å². The maximum Gasteiger partial charge on any atom is 0.165 e. The minimum Gasteiger partial charge on any atom is -0.456 e. The number of fused-ring (bicyclic) bond motifs is 13. The molecule has 0 fully saturated rings. The lowest BCUT2D eigenvalue weighted by atomic mass is 9.99. The molecule has 0 N–H and O–H groups in total. The average Bonchev–Trinajstić information content (AvgIpc) is 3.88. The fraction of sp³-hybridized carbons (Fsp3) is 0. The van der Waals surface area contributed by atoms with Crippen molar-refractivity contribution >= 4 is 93.1 Å². The van der Waals surface area contributed by atoms with Crippen molar-refractivity contribution in [3.63, 3.8) is 0 Å². The largest absolute Gasteiger partial charge is 0.456 e. The van der Waals surface area contributed by atoms with Gasteiger partial charge in [-0.3, -0.25) is 4.40 Å². The molecule has 0 aliphatic heterocycles. The smallest absolute Gasteiger partial charge is 0.165 e. The van der Waals surface area contributed by atoms with Crippen molar-refractivity contribution in [3.8, 4) is 16.8 Å². The van der Waals surface area contributed by atoms with E-state index < -0.39 is 0 Å². The Hall–Kier alpha value is -6.72. The van der Waals surface area contributed by atoms with Crippen LogP contribution in [-0.2, 0) is 0 Å². The van der Waals surface area contributed by atoms with Crippen molar-refractivity contribution in [1.82, 2.24) is 18.9 Å². The normalized spacial score (nSPS) is 12.5. The first-order chi connectivity index (χ1) is 24.3. The van der Waals surface area contributed by atoms with Crippen LogP contribution < -0.4 is 0 Å². The zero-order chi connectivity index (χ0) is 31.8. The van der Waals surface area contributed by atoms with Crippen LogP contribution in [0.1, 0.15) is 0 Å². The van der Waals surface area contributed by atoms with Crippen molar-refractivity contribution in [2.45, 2.75) is 0 Å². The summed E-state index contributed by atoms with van der Waals surface area (Å²) < 4.78 is 11.1. The van der Waals surface area contributed by atoms with E-state index in [2.05, 4.69) is 118 Å². The number of benzene rings is 7. The second kappa shape index (κ2) is 9.00. The lowest BCUT2D eigenvalue weighted by Gasteiger charge is -2.09. The molecule has 0 unspecified atom stereocenters. The second-order valence-electron chi connectivity index (χ2n) is 13.0. The number of nitrogens with zero attached hydrogens (tertiary/aromatic N) is 4. The van der Waals surface area contributed by atoms with Crippen molar-refractivity contribution in [2.75, 3.05) is 0 Å². The third-order valence-electron chi connectivity index (χ3n) is 10.4. The number of aromatic nitrogens is 4. The van der Waals surface area contributed by atoms with Crippen molar-refractivity contribution in [1.29, 1.82) is 0 Å². The third kappa shape index (κ3) is 3.28. The highest BCUT2D eigenvalue weighted by atomic mass is 16.3. The fourth-order valence-corrected chi connectivity index (χ4v) is 8.26. The number of para-hydroxylation sites is 5. The SMILES string of the molecule is c1ccc(-n2c3ccccc3c3ccc(-c4cc5c6cc7oc8ccccc8c7cc6n6c7nc8ccccc8nc7c(c4)c56)cc32)cc1. The molecular weight excluding hydrogens is 601 g/mol. The maximum atomic E-state index is 6.40. The fourth-order valence-electron chi connectivity index (χ4n) is 8.26.